The van der Waals surface area contributed by atoms with E-state index in [-0.39, 0.29) is 0 Å². The van der Waals surface area contributed by atoms with Crippen LogP contribution in [-0.2, 0) is 4.74 Å². The first-order chi connectivity index (χ1) is 4.20. The lowest BCUT2D eigenvalue weighted by Crippen LogP contribution is -2.32. The topological polar surface area (TPSA) is 9.23 Å². The normalized spacial score (nSPS) is 47.6. The number of hydrogen-bond acceptors (Lipinski definition) is 1. The maximum Gasteiger partial charge on any atom is 0.139 e. The summed E-state index contributed by atoms with van der Waals surface area (Å²) in [6.45, 7) is 5.52. The van der Waals surface area contributed by atoms with E-state index in [0.29, 0.717) is 6.00 Å². The first-order valence-electron chi connectivity index (χ1n) is 3.58. The van der Waals surface area contributed by atoms with Crippen molar-refractivity contribution in [2.75, 3.05) is 6.61 Å². The third-order valence-corrected chi connectivity index (χ3v) is 3.59. The molecule has 0 aromatic rings. The molecule has 0 amide bonds. The highest BCUT2D eigenvalue weighted by atomic mass is 31.1. The van der Waals surface area contributed by atoms with Crippen molar-refractivity contribution in [3.63, 3.8) is 0 Å². The molecule has 4 atom stereocenters. The Morgan fingerprint density at radius 2 is 2.22 bits per heavy atom. The molecule has 0 aromatic carbocycles. The summed E-state index contributed by atoms with van der Waals surface area (Å²) in [6, 6.07) is 0.500. The Labute approximate surface area is 59.7 Å². The lowest BCUT2D eigenvalue weighted by Gasteiger charge is -2.30. The fraction of sp³-hybridized carbons (Fsp3) is 1.00. The molecule has 2 unspecified atom stereocenters. The molecule has 0 spiro atoms. The Balaban J connectivity index is 2.35. The van der Waals surface area contributed by atoms with Crippen molar-refractivity contribution in [2.45, 2.75) is 31.2 Å². The molecule has 0 aliphatic carbocycles. The van der Waals surface area contributed by atoms with E-state index in [9.17, 15) is 0 Å². The van der Waals surface area contributed by atoms with Gasteiger partial charge in [-0.3, -0.25) is 0 Å². The lowest BCUT2D eigenvalue weighted by atomic mass is 9.97. The van der Waals surface area contributed by atoms with Crippen molar-refractivity contribution in [3.8, 4) is 0 Å². The Morgan fingerprint density at radius 3 is 2.67 bits per heavy atom. The SMILES string of the molecule is BC1OC[C@@H](C)P[C@@H]1C. The molecule has 52 valence electrons. The van der Waals surface area contributed by atoms with E-state index in [4.69, 9.17) is 4.74 Å². The van der Waals surface area contributed by atoms with Crippen LogP contribution in [0.5, 0.6) is 0 Å². The molecule has 1 fully saturated rings. The van der Waals surface area contributed by atoms with Crippen LogP contribution in [0.2, 0.25) is 0 Å². The van der Waals surface area contributed by atoms with Gasteiger partial charge in [0.05, 0.1) is 6.61 Å². The molecule has 1 aliphatic rings. The Bertz CT molecular complexity index is 99.1. The summed E-state index contributed by atoms with van der Waals surface area (Å²) in [5.41, 5.74) is 1.59. The number of ether oxygens (including phenoxy) is 1. The molecule has 0 radical (unpaired) electrons. The minimum absolute atomic E-state index is 0.500. The number of rotatable bonds is 0. The van der Waals surface area contributed by atoms with Gasteiger partial charge in [0.2, 0.25) is 0 Å². The highest BCUT2D eigenvalue weighted by Gasteiger charge is 2.21. The summed E-state index contributed by atoms with van der Waals surface area (Å²) >= 11 is 0. The van der Waals surface area contributed by atoms with Crippen LogP contribution in [0.1, 0.15) is 13.8 Å². The van der Waals surface area contributed by atoms with Gasteiger partial charge in [0.25, 0.3) is 0 Å². The van der Waals surface area contributed by atoms with E-state index in [0.717, 1.165) is 26.5 Å². The summed E-state index contributed by atoms with van der Waals surface area (Å²) in [7, 11) is 3.27. The van der Waals surface area contributed by atoms with E-state index in [2.05, 4.69) is 21.7 Å². The molecule has 1 rings (SSSR count). The standard InChI is InChI=1S/C6H14BOP/c1-4-3-8-6(7)5(2)9-4/h4-6,9H,3,7H2,1-2H3/t4-,5-,6?/m1/s1. The van der Waals surface area contributed by atoms with Crippen molar-refractivity contribution in [1.82, 2.24) is 0 Å². The quantitative estimate of drug-likeness (QED) is 0.354. The average molecular weight is 144 g/mol. The zero-order chi connectivity index (χ0) is 6.85. The first kappa shape index (κ1) is 7.56. The fourth-order valence-corrected chi connectivity index (χ4v) is 2.53. The van der Waals surface area contributed by atoms with Crippen LogP contribution in [0.15, 0.2) is 0 Å². The van der Waals surface area contributed by atoms with E-state index in [1.807, 2.05) is 0 Å². The van der Waals surface area contributed by atoms with E-state index >= 15 is 0 Å². The van der Waals surface area contributed by atoms with Crippen LogP contribution in [0, 0.1) is 0 Å². The molecular formula is C6H14BOP. The Morgan fingerprint density at radius 1 is 1.56 bits per heavy atom. The molecule has 1 heterocycles. The molecule has 1 aliphatic heterocycles. The Kier molecular flexibility index (Phi) is 2.54. The largest absolute Gasteiger partial charge is 0.386 e. The molecule has 0 bridgehead atoms. The third-order valence-electron chi connectivity index (χ3n) is 1.86. The van der Waals surface area contributed by atoms with Crippen molar-refractivity contribution in [2.24, 2.45) is 0 Å². The van der Waals surface area contributed by atoms with Crippen LogP contribution in [0.25, 0.3) is 0 Å². The molecule has 1 saturated heterocycles. The Hall–Kier alpha value is 0.455. The van der Waals surface area contributed by atoms with E-state index in [1.54, 1.807) is 0 Å². The molecule has 3 heteroatoms. The summed E-state index contributed by atoms with van der Waals surface area (Å²) in [5, 5.41) is 0. The minimum atomic E-state index is 0.500. The number of hydrogen-bond donors (Lipinski definition) is 0. The zero-order valence-corrected chi connectivity index (χ0v) is 7.35. The van der Waals surface area contributed by atoms with Crippen LogP contribution >= 0.6 is 8.58 Å². The van der Waals surface area contributed by atoms with Gasteiger partial charge in [-0.1, -0.05) is 13.8 Å². The summed E-state index contributed by atoms with van der Waals surface area (Å²) in [4.78, 5) is 0. The highest BCUT2D eigenvalue weighted by molar-refractivity contribution is 7.40. The van der Waals surface area contributed by atoms with Crippen molar-refractivity contribution >= 4 is 16.4 Å². The van der Waals surface area contributed by atoms with E-state index < -0.39 is 0 Å². The van der Waals surface area contributed by atoms with Crippen LogP contribution < -0.4 is 0 Å². The van der Waals surface area contributed by atoms with Crippen LogP contribution in [0.4, 0.5) is 0 Å². The van der Waals surface area contributed by atoms with Gasteiger partial charge in [-0.15, -0.1) is 8.58 Å². The fourth-order valence-electron chi connectivity index (χ4n) is 1.07. The van der Waals surface area contributed by atoms with Crippen LogP contribution in [0.3, 0.4) is 0 Å². The zero-order valence-electron chi connectivity index (χ0n) is 6.35. The molecule has 0 N–H and O–H groups in total. The van der Waals surface area contributed by atoms with Crippen LogP contribution in [-0.4, -0.2) is 31.8 Å². The van der Waals surface area contributed by atoms with Gasteiger partial charge in [-0.2, -0.15) is 0 Å². The lowest BCUT2D eigenvalue weighted by molar-refractivity contribution is 0.100. The molecular weight excluding hydrogens is 130 g/mol. The predicted molar refractivity (Wildman–Crippen MR) is 45.5 cm³/mol. The molecule has 9 heavy (non-hydrogen) atoms. The average Bonchev–Trinajstić information content (AvgIpc) is 1.80. The predicted octanol–water partition coefficient (Wildman–Crippen LogP) is 0.431. The van der Waals surface area contributed by atoms with Gasteiger partial charge in [-0.25, -0.2) is 0 Å². The molecule has 0 saturated carbocycles. The van der Waals surface area contributed by atoms with Crippen molar-refractivity contribution in [3.05, 3.63) is 0 Å². The summed E-state index contributed by atoms with van der Waals surface area (Å²) in [5.74, 6) is 0. The van der Waals surface area contributed by atoms with Gasteiger partial charge in [0.1, 0.15) is 7.85 Å². The summed E-state index contributed by atoms with van der Waals surface area (Å²) < 4.78 is 5.51. The second kappa shape index (κ2) is 3.03. The highest BCUT2D eigenvalue weighted by Crippen LogP contribution is 2.32. The minimum Gasteiger partial charge on any atom is -0.386 e. The monoisotopic (exact) mass is 144 g/mol. The molecule has 1 nitrogen and oxygen atoms in total. The van der Waals surface area contributed by atoms with Crippen molar-refractivity contribution < 1.29 is 4.74 Å². The maximum absolute atomic E-state index is 5.51. The van der Waals surface area contributed by atoms with Gasteiger partial charge in [0, 0.05) is 6.00 Å². The second-order valence-corrected chi connectivity index (χ2v) is 5.12. The van der Waals surface area contributed by atoms with Crippen molar-refractivity contribution in [1.29, 1.82) is 0 Å². The van der Waals surface area contributed by atoms with Gasteiger partial charge in [-0.05, 0) is 11.3 Å². The second-order valence-electron chi connectivity index (χ2n) is 2.89. The van der Waals surface area contributed by atoms with Gasteiger partial charge < -0.3 is 4.74 Å². The third kappa shape index (κ3) is 1.95. The first-order valence-corrected chi connectivity index (χ1v) is 4.73. The maximum atomic E-state index is 5.51. The molecule has 0 aromatic heterocycles. The van der Waals surface area contributed by atoms with Gasteiger partial charge in [0.15, 0.2) is 0 Å². The van der Waals surface area contributed by atoms with Gasteiger partial charge >= 0.3 is 0 Å². The summed E-state index contributed by atoms with van der Waals surface area (Å²) in [6.07, 6.45) is 0. The smallest absolute Gasteiger partial charge is 0.139 e. The van der Waals surface area contributed by atoms with E-state index in [1.165, 1.54) is 0 Å².